The average molecular weight is 509 g/mol. The summed E-state index contributed by atoms with van der Waals surface area (Å²) in [5.74, 6) is -0.154. The van der Waals surface area contributed by atoms with Crippen LogP contribution in [0.5, 0.6) is 11.5 Å². The van der Waals surface area contributed by atoms with E-state index in [1.165, 1.54) is 7.11 Å². The van der Waals surface area contributed by atoms with E-state index < -0.39 is 5.82 Å². The Morgan fingerprint density at radius 3 is 2.81 bits per heavy atom. The number of para-hydroxylation sites is 1. The van der Waals surface area contributed by atoms with Crippen LogP contribution in [-0.2, 0) is 0 Å². The van der Waals surface area contributed by atoms with Crippen molar-refractivity contribution in [2.24, 2.45) is 0 Å². The second kappa shape index (κ2) is 9.43. The first-order chi connectivity index (χ1) is 17.3. The number of carbonyl (C=O) groups excluding carboxylic acids is 1. The minimum Gasteiger partial charge on any atom is -0.493 e. The molecule has 0 aliphatic carbocycles. The lowest BCUT2D eigenvalue weighted by molar-refractivity contribution is 0.0922. The molecule has 36 heavy (non-hydrogen) atoms. The van der Waals surface area contributed by atoms with E-state index in [0.717, 1.165) is 11.3 Å². The van der Waals surface area contributed by atoms with Gasteiger partial charge < -0.3 is 14.8 Å². The molecule has 3 heterocycles. The second-order valence-electron chi connectivity index (χ2n) is 9.05. The predicted molar refractivity (Wildman–Crippen MR) is 136 cm³/mol. The Morgan fingerprint density at radius 2 is 2.06 bits per heavy atom. The highest BCUT2D eigenvalue weighted by molar-refractivity contribution is 6.32. The van der Waals surface area contributed by atoms with Crippen molar-refractivity contribution in [2.75, 3.05) is 13.7 Å². The number of aryl methyl sites for hydroxylation is 1. The van der Waals surface area contributed by atoms with Crippen molar-refractivity contribution in [3.8, 4) is 22.6 Å². The van der Waals surface area contributed by atoms with Crippen molar-refractivity contribution in [1.82, 2.24) is 19.9 Å². The smallest absolute Gasteiger partial charge is 0.255 e. The number of ether oxygens (including phenoxy) is 2. The topological polar surface area (TPSA) is 77.8 Å². The van der Waals surface area contributed by atoms with E-state index in [-0.39, 0.29) is 34.2 Å². The molecule has 186 valence electrons. The Bertz CT molecular complexity index is 1480. The van der Waals surface area contributed by atoms with E-state index >= 15 is 4.39 Å². The first-order valence-corrected chi connectivity index (χ1v) is 12.1. The molecule has 2 aromatic heterocycles. The molecule has 0 bridgehead atoms. The highest BCUT2D eigenvalue weighted by atomic mass is 35.5. The molecule has 7 nitrogen and oxygen atoms in total. The van der Waals surface area contributed by atoms with Gasteiger partial charge in [0.05, 0.1) is 47.3 Å². The van der Waals surface area contributed by atoms with Crippen molar-refractivity contribution in [3.05, 3.63) is 75.9 Å². The molecule has 9 heteroatoms. The number of nitrogens with zero attached hydrogens (tertiary/aromatic N) is 3. The van der Waals surface area contributed by atoms with Crippen LogP contribution in [0.4, 0.5) is 4.39 Å². The predicted octanol–water partition coefficient (Wildman–Crippen LogP) is 5.88. The van der Waals surface area contributed by atoms with Gasteiger partial charge in [-0.2, -0.15) is 5.10 Å². The van der Waals surface area contributed by atoms with Crippen LogP contribution in [0.1, 0.15) is 59.5 Å². The summed E-state index contributed by atoms with van der Waals surface area (Å²) in [7, 11) is 1.37. The fraction of sp³-hybridized carbons (Fsp3) is 0.296. The van der Waals surface area contributed by atoms with Gasteiger partial charge >= 0.3 is 0 Å². The Kier molecular flexibility index (Phi) is 6.30. The van der Waals surface area contributed by atoms with Crippen LogP contribution in [0.15, 0.2) is 42.6 Å². The quantitative estimate of drug-likeness (QED) is 0.364. The van der Waals surface area contributed by atoms with Gasteiger partial charge in [-0.1, -0.05) is 43.6 Å². The molecule has 0 unspecified atom stereocenters. The van der Waals surface area contributed by atoms with E-state index in [4.69, 9.17) is 21.1 Å². The van der Waals surface area contributed by atoms with E-state index in [0.29, 0.717) is 41.2 Å². The normalized spacial score (nSPS) is 15.0. The fourth-order valence-corrected chi connectivity index (χ4v) is 5.02. The maximum atomic E-state index is 15.3. The number of carbonyl (C=O) groups is 1. The van der Waals surface area contributed by atoms with Crippen molar-refractivity contribution in [2.45, 2.75) is 39.2 Å². The summed E-state index contributed by atoms with van der Waals surface area (Å²) in [6.07, 6.45) is 2.21. The highest BCUT2D eigenvalue weighted by Crippen LogP contribution is 2.38. The number of benzene rings is 2. The zero-order valence-electron chi connectivity index (χ0n) is 20.4. The molecule has 1 atom stereocenters. The third-order valence-corrected chi connectivity index (χ3v) is 6.73. The fourth-order valence-electron chi connectivity index (χ4n) is 4.79. The maximum absolute atomic E-state index is 15.3. The second-order valence-corrected chi connectivity index (χ2v) is 9.46. The van der Waals surface area contributed by atoms with Crippen LogP contribution in [0, 0.1) is 12.7 Å². The first kappa shape index (κ1) is 24.1. The summed E-state index contributed by atoms with van der Waals surface area (Å²) in [5.41, 5.74) is 3.88. The number of nitrogens with one attached hydrogen (secondary N) is 1. The van der Waals surface area contributed by atoms with Gasteiger partial charge in [-0.25, -0.2) is 13.9 Å². The van der Waals surface area contributed by atoms with Gasteiger partial charge in [-0.15, -0.1) is 0 Å². The van der Waals surface area contributed by atoms with Gasteiger partial charge in [0, 0.05) is 23.7 Å². The minimum atomic E-state index is -0.587. The number of methoxy groups -OCH3 is 1. The molecule has 1 N–H and O–H groups in total. The van der Waals surface area contributed by atoms with Crippen molar-refractivity contribution < 1.29 is 18.7 Å². The average Bonchev–Trinajstić information content (AvgIpc) is 3.19. The maximum Gasteiger partial charge on any atom is 0.255 e. The summed E-state index contributed by atoms with van der Waals surface area (Å²) in [5, 5.41) is 7.99. The lowest BCUT2D eigenvalue weighted by Crippen LogP contribution is -2.33. The summed E-state index contributed by atoms with van der Waals surface area (Å²) < 4.78 is 27.8. The van der Waals surface area contributed by atoms with Crippen LogP contribution in [-0.4, -0.2) is 34.2 Å². The molecule has 0 saturated carbocycles. The molecule has 2 aromatic carbocycles. The third kappa shape index (κ3) is 3.95. The van der Waals surface area contributed by atoms with E-state index in [1.807, 2.05) is 38.1 Å². The summed E-state index contributed by atoms with van der Waals surface area (Å²) >= 11 is 6.10. The summed E-state index contributed by atoms with van der Waals surface area (Å²) in [6, 6.07) is 10.7. The Labute approximate surface area is 213 Å². The van der Waals surface area contributed by atoms with Gasteiger partial charge in [-0.05, 0) is 31.0 Å². The van der Waals surface area contributed by atoms with Gasteiger partial charge in [0.15, 0.2) is 17.2 Å². The number of rotatable bonds is 5. The number of halogens is 2. The lowest BCUT2D eigenvalue weighted by Gasteiger charge is -2.27. The molecule has 1 aliphatic heterocycles. The largest absolute Gasteiger partial charge is 0.493 e. The number of aromatic nitrogens is 3. The molecule has 1 aliphatic rings. The van der Waals surface area contributed by atoms with Crippen LogP contribution < -0.4 is 14.8 Å². The molecule has 0 fully saturated rings. The molecule has 1 amide bonds. The molecule has 5 rings (SSSR count). The van der Waals surface area contributed by atoms with Gasteiger partial charge in [0.25, 0.3) is 5.91 Å². The SMILES string of the molecule is COc1c(Cl)ccc(-c2c(C)nn3c(C(C)C)c(C(=O)N[C@H]4CCOc5ccccc54)cnc23)c1F. The van der Waals surface area contributed by atoms with Crippen molar-refractivity contribution >= 4 is 23.2 Å². The number of hydrogen-bond acceptors (Lipinski definition) is 5. The van der Waals surface area contributed by atoms with Crippen molar-refractivity contribution in [3.63, 3.8) is 0 Å². The number of fused-ring (bicyclic) bond motifs is 2. The molecule has 0 radical (unpaired) electrons. The Morgan fingerprint density at radius 1 is 1.28 bits per heavy atom. The number of hydrogen-bond donors (Lipinski definition) is 1. The molecule has 0 saturated heterocycles. The van der Waals surface area contributed by atoms with Crippen LogP contribution >= 0.6 is 11.6 Å². The molecular formula is C27H26ClFN4O3. The minimum absolute atomic E-state index is 0.0373. The Hall–Kier alpha value is -3.65. The van der Waals surface area contributed by atoms with E-state index in [9.17, 15) is 4.79 Å². The monoisotopic (exact) mass is 508 g/mol. The summed E-state index contributed by atoms with van der Waals surface area (Å²) in [6.45, 7) is 6.28. The standard InChI is InChI=1S/C27H26ClFN4O3/c1-14(2)24-18(27(34)31-20-11-12-36-21-8-6-5-7-16(20)21)13-30-26-22(15(3)32-33(24)26)17-9-10-19(28)25(35-4)23(17)29/h5-10,13-14,20H,11-12H2,1-4H3,(H,31,34)/t20-/m0/s1. The van der Waals surface area contributed by atoms with E-state index in [1.54, 1.807) is 29.8 Å². The zero-order chi connectivity index (χ0) is 25.6. The molecule has 4 aromatic rings. The number of amides is 1. The summed E-state index contributed by atoms with van der Waals surface area (Å²) in [4.78, 5) is 18.1. The zero-order valence-corrected chi connectivity index (χ0v) is 21.2. The lowest BCUT2D eigenvalue weighted by atomic mass is 9.99. The third-order valence-electron chi connectivity index (χ3n) is 6.43. The van der Waals surface area contributed by atoms with Gasteiger partial charge in [-0.3, -0.25) is 4.79 Å². The highest BCUT2D eigenvalue weighted by Gasteiger charge is 2.28. The van der Waals surface area contributed by atoms with Crippen LogP contribution in [0.25, 0.3) is 16.8 Å². The van der Waals surface area contributed by atoms with Crippen LogP contribution in [0.3, 0.4) is 0 Å². The van der Waals surface area contributed by atoms with E-state index in [2.05, 4.69) is 15.4 Å². The first-order valence-electron chi connectivity index (χ1n) is 11.7. The van der Waals surface area contributed by atoms with Gasteiger partial charge in [0.1, 0.15) is 5.75 Å². The van der Waals surface area contributed by atoms with Crippen LogP contribution in [0.2, 0.25) is 5.02 Å². The molecular weight excluding hydrogens is 483 g/mol. The van der Waals surface area contributed by atoms with Gasteiger partial charge in [0.2, 0.25) is 0 Å². The Balaban J connectivity index is 1.59. The van der Waals surface area contributed by atoms with Crippen molar-refractivity contribution in [1.29, 1.82) is 0 Å². The molecule has 0 spiro atoms.